The number of fused-ring (bicyclic) bond motifs is 2. The third kappa shape index (κ3) is 3.82. The van der Waals surface area contributed by atoms with Gasteiger partial charge in [-0.3, -0.25) is 0 Å². The molecule has 2 atom stereocenters. The number of rotatable bonds is 10. The van der Waals surface area contributed by atoms with Crippen LogP contribution in [0.25, 0.3) is 0 Å². The SMILES string of the molecule is OCCCCCC1(CCCCCO)CC2C=CC1C2. The summed E-state index contributed by atoms with van der Waals surface area (Å²) in [5.74, 6) is 1.67. The molecule has 0 amide bonds. The van der Waals surface area contributed by atoms with E-state index in [1.165, 1.54) is 51.4 Å². The lowest BCUT2D eigenvalue weighted by Crippen LogP contribution is -2.26. The van der Waals surface area contributed by atoms with Crippen molar-refractivity contribution in [3.63, 3.8) is 0 Å². The molecule has 2 nitrogen and oxygen atoms in total. The zero-order valence-electron chi connectivity index (χ0n) is 12.2. The van der Waals surface area contributed by atoms with Crippen LogP contribution in [0, 0.1) is 17.3 Å². The molecule has 0 aliphatic heterocycles. The first-order chi connectivity index (χ1) is 9.30. The molecule has 0 spiro atoms. The summed E-state index contributed by atoms with van der Waals surface area (Å²) in [6.45, 7) is 0.685. The molecule has 0 radical (unpaired) electrons. The van der Waals surface area contributed by atoms with E-state index >= 15 is 0 Å². The van der Waals surface area contributed by atoms with Crippen molar-refractivity contribution in [1.29, 1.82) is 0 Å². The summed E-state index contributed by atoms with van der Waals surface area (Å²) in [5, 5.41) is 17.8. The molecule has 2 N–H and O–H groups in total. The first-order valence-electron chi connectivity index (χ1n) is 8.21. The normalized spacial score (nSPS) is 27.3. The molecule has 110 valence electrons. The van der Waals surface area contributed by atoms with E-state index in [2.05, 4.69) is 12.2 Å². The van der Waals surface area contributed by atoms with Crippen molar-refractivity contribution >= 4 is 0 Å². The van der Waals surface area contributed by atoms with Gasteiger partial charge in [0.15, 0.2) is 0 Å². The van der Waals surface area contributed by atoms with E-state index in [0.29, 0.717) is 18.6 Å². The van der Waals surface area contributed by atoms with Crippen LogP contribution in [0.2, 0.25) is 0 Å². The molecule has 2 aliphatic carbocycles. The van der Waals surface area contributed by atoms with Crippen LogP contribution in [0.4, 0.5) is 0 Å². The third-order valence-corrected chi connectivity index (χ3v) is 5.29. The molecule has 2 aliphatic rings. The quantitative estimate of drug-likeness (QED) is 0.468. The predicted octanol–water partition coefficient (Wildman–Crippen LogP) is 3.67. The summed E-state index contributed by atoms with van der Waals surface area (Å²) >= 11 is 0. The van der Waals surface area contributed by atoms with Crippen LogP contribution in [0.5, 0.6) is 0 Å². The van der Waals surface area contributed by atoms with Crippen molar-refractivity contribution in [2.45, 2.75) is 64.2 Å². The first-order valence-corrected chi connectivity index (χ1v) is 8.21. The topological polar surface area (TPSA) is 40.5 Å². The van der Waals surface area contributed by atoms with Crippen LogP contribution in [-0.4, -0.2) is 23.4 Å². The van der Waals surface area contributed by atoms with E-state index < -0.39 is 0 Å². The number of allylic oxidation sites excluding steroid dienone is 2. The van der Waals surface area contributed by atoms with Crippen LogP contribution in [0.1, 0.15) is 64.2 Å². The zero-order valence-corrected chi connectivity index (χ0v) is 12.2. The Morgan fingerprint density at radius 2 is 1.47 bits per heavy atom. The summed E-state index contributed by atoms with van der Waals surface area (Å²) in [5.41, 5.74) is 0.560. The second-order valence-electron chi connectivity index (χ2n) is 6.62. The highest BCUT2D eigenvalue weighted by Gasteiger charge is 2.46. The van der Waals surface area contributed by atoms with Crippen LogP contribution in [0.15, 0.2) is 12.2 Å². The maximum Gasteiger partial charge on any atom is 0.0431 e. The Morgan fingerprint density at radius 3 is 1.89 bits per heavy atom. The van der Waals surface area contributed by atoms with E-state index in [4.69, 9.17) is 10.2 Å². The van der Waals surface area contributed by atoms with Crippen molar-refractivity contribution in [2.75, 3.05) is 13.2 Å². The van der Waals surface area contributed by atoms with Crippen LogP contribution in [-0.2, 0) is 0 Å². The van der Waals surface area contributed by atoms with E-state index in [-0.39, 0.29) is 0 Å². The Bertz CT molecular complexity index is 273. The minimum atomic E-state index is 0.343. The molecule has 2 heteroatoms. The summed E-state index contributed by atoms with van der Waals surface area (Å²) in [7, 11) is 0. The van der Waals surface area contributed by atoms with Gasteiger partial charge in [0.05, 0.1) is 0 Å². The molecule has 0 heterocycles. The highest BCUT2D eigenvalue weighted by atomic mass is 16.3. The van der Waals surface area contributed by atoms with E-state index in [1.54, 1.807) is 0 Å². The van der Waals surface area contributed by atoms with Crippen molar-refractivity contribution in [3.8, 4) is 0 Å². The van der Waals surface area contributed by atoms with Gasteiger partial charge in [0, 0.05) is 13.2 Å². The predicted molar refractivity (Wildman–Crippen MR) is 78.9 cm³/mol. The molecule has 0 aromatic rings. The Labute approximate surface area is 117 Å². The molecule has 0 saturated heterocycles. The minimum absolute atomic E-state index is 0.343. The van der Waals surface area contributed by atoms with Gasteiger partial charge in [-0.25, -0.2) is 0 Å². The average Bonchev–Trinajstić information content (AvgIpc) is 3.01. The zero-order chi connectivity index (χ0) is 13.6. The molecule has 0 aromatic carbocycles. The molecular formula is C17H30O2. The van der Waals surface area contributed by atoms with Crippen molar-refractivity contribution in [3.05, 3.63) is 12.2 Å². The minimum Gasteiger partial charge on any atom is -0.396 e. The Balaban J connectivity index is 1.81. The molecular weight excluding hydrogens is 236 g/mol. The first kappa shape index (κ1) is 15.1. The Hall–Kier alpha value is -0.340. The van der Waals surface area contributed by atoms with Gasteiger partial charge in [0.2, 0.25) is 0 Å². The number of hydrogen-bond donors (Lipinski definition) is 2. The molecule has 0 aromatic heterocycles. The lowest BCUT2D eigenvalue weighted by Gasteiger charge is -2.36. The maximum atomic E-state index is 8.89. The fourth-order valence-electron chi connectivity index (χ4n) is 4.28. The smallest absolute Gasteiger partial charge is 0.0431 e. The van der Waals surface area contributed by atoms with Gasteiger partial charge in [0.1, 0.15) is 0 Å². The van der Waals surface area contributed by atoms with E-state index in [0.717, 1.165) is 24.7 Å². The maximum absolute atomic E-state index is 8.89. The molecule has 1 saturated carbocycles. The summed E-state index contributed by atoms with van der Waals surface area (Å²) in [6.07, 6.45) is 17.2. The van der Waals surface area contributed by atoms with Crippen molar-refractivity contribution in [1.82, 2.24) is 0 Å². The number of aliphatic hydroxyl groups excluding tert-OH is 2. The van der Waals surface area contributed by atoms with Crippen molar-refractivity contribution in [2.24, 2.45) is 17.3 Å². The van der Waals surface area contributed by atoms with Gasteiger partial charge in [0.25, 0.3) is 0 Å². The van der Waals surface area contributed by atoms with Gasteiger partial charge in [-0.2, -0.15) is 0 Å². The fraction of sp³-hybridized carbons (Fsp3) is 0.882. The van der Waals surface area contributed by atoms with Gasteiger partial charge >= 0.3 is 0 Å². The highest BCUT2D eigenvalue weighted by Crippen LogP contribution is 2.57. The largest absolute Gasteiger partial charge is 0.396 e. The summed E-state index contributed by atoms with van der Waals surface area (Å²) < 4.78 is 0. The third-order valence-electron chi connectivity index (χ3n) is 5.29. The molecule has 2 bridgehead atoms. The average molecular weight is 266 g/mol. The standard InChI is InChI=1S/C17H30O2/c18-11-5-1-3-9-17(10-4-2-6-12-19)14-15-7-8-16(17)13-15/h7-8,15-16,18-19H,1-6,9-14H2. The summed E-state index contributed by atoms with van der Waals surface area (Å²) in [6, 6.07) is 0. The summed E-state index contributed by atoms with van der Waals surface area (Å²) in [4.78, 5) is 0. The lowest BCUT2D eigenvalue weighted by atomic mass is 9.69. The molecule has 2 rings (SSSR count). The second kappa shape index (κ2) is 7.44. The van der Waals surface area contributed by atoms with Gasteiger partial charge < -0.3 is 10.2 Å². The van der Waals surface area contributed by atoms with Gasteiger partial charge in [-0.1, -0.05) is 37.8 Å². The molecule has 2 unspecified atom stereocenters. The van der Waals surface area contributed by atoms with Crippen LogP contribution in [0.3, 0.4) is 0 Å². The van der Waals surface area contributed by atoms with E-state index in [1.807, 2.05) is 0 Å². The van der Waals surface area contributed by atoms with Crippen molar-refractivity contribution < 1.29 is 10.2 Å². The Morgan fingerprint density at radius 1 is 0.842 bits per heavy atom. The Kier molecular flexibility index (Phi) is 5.90. The van der Waals surface area contributed by atoms with Gasteiger partial charge in [-0.05, 0) is 55.8 Å². The van der Waals surface area contributed by atoms with E-state index in [9.17, 15) is 0 Å². The molecule has 19 heavy (non-hydrogen) atoms. The van der Waals surface area contributed by atoms with Crippen LogP contribution < -0.4 is 0 Å². The monoisotopic (exact) mass is 266 g/mol. The fourth-order valence-corrected chi connectivity index (χ4v) is 4.28. The number of unbranched alkanes of at least 4 members (excludes halogenated alkanes) is 4. The van der Waals surface area contributed by atoms with Gasteiger partial charge in [-0.15, -0.1) is 0 Å². The highest BCUT2D eigenvalue weighted by molar-refractivity contribution is 5.15. The van der Waals surface area contributed by atoms with Crippen LogP contribution >= 0.6 is 0 Å². The second-order valence-corrected chi connectivity index (χ2v) is 6.62. The lowest BCUT2D eigenvalue weighted by molar-refractivity contribution is 0.170. The number of hydrogen-bond acceptors (Lipinski definition) is 2. The molecule has 1 fully saturated rings. The number of aliphatic hydroxyl groups is 2.